The minimum atomic E-state index is -0.888. The van der Waals surface area contributed by atoms with E-state index < -0.39 is 23.8 Å². The summed E-state index contributed by atoms with van der Waals surface area (Å²) < 4.78 is 11.0. The normalized spacial score (nSPS) is 19.7. The summed E-state index contributed by atoms with van der Waals surface area (Å²) in [6, 6.07) is 8.86. The second-order valence-electron chi connectivity index (χ2n) is 7.18. The average Bonchev–Trinajstić information content (AvgIpc) is 2.59. The van der Waals surface area contributed by atoms with E-state index in [9.17, 15) is 9.90 Å². The molecule has 1 saturated heterocycles. The summed E-state index contributed by atoms with van der Waals surface area (Å²) in [6.45, 7) is 6.56. The molecule has 0 saturated carbocycles. The summed E-state index contributed by atoms with van der Waals surface area (Å²) in [5.74, 6) is 0. The fourth-order valence-corrected chi connectivity index (χ4v) is 3.02. The van der Waals surface area contributed by atoms with E-state index in [1.54, 1.807) is 11.1 Å². The van der Waals surface area contributed by atoms with E-state index in [1.807, 2.05) is 51.1 Å². The number of amides is 1. The van der Waals surface area contributed by atoms with Gasteiger partial charge in [-0.1, -0.05) is 18.2 Å². The van der Waals surface area contributed by atoms with Crippen LogP contribution in [0.3, 0.4) is 0 Å². The third-order valence-electron chi connectivity index (χ3n) is 4.16. The van der Waals surface area contributed by atoms with Gasteiger partial charge in [-0.15, -0.1) is 0 Å². The summed E-state index contributed by atoms with van der Waals surface area (Å²) in [6.07, 6.45) is 0.397. The van der Waals surface area contributed by atoms with Crippen LogP contribution < -0.4 is 0 Å². The molecule has 1 aliphatic heterocycles. The Morgan fingerprint density at radius 2 is 2.16 bits per heavy atom. The maximum Gasteiger partial charge on any atom is 0.410 e. The molecule has 6 nitrogen and oxygen atoms in total. The fraction of sp³-hybridized carbons (Fsp3) is 0.474. The largest absolute Gasteiger partial charge is 0.444 e. The molecule has 2 aromatic rings. The van der Waals surface area contributed by atoms with Gasteiger partial charge >= 0.3 is 6.09 Å². The van der Waals surface area contributed by atoms with Crippen molar-refractivity contribution >= 4 is 17.0 Å². The minimum Gasteiger partial charge on any atom is -0.444 e. The van der Waals surface area contributed by atoms with Gasteiger partial charge in [0.2, 0.25) is 0 Å². The molecule has 134 valence electrons. The Morgan fingerprint density at radius 3 is 2.92 bits per heavy atom. The molecule has 0 aliphatic carbocycles. The Morgan fingerprint density at radius 1 is 1.36 bits per heavy atom. The number of ether oxygens (including phenoxy) is 2. The van der Waals surface area contributed by atoms with Gasteiger partial charge in [0.25, 0.3) is 0 Å². The van der Waals surface area contributed by atoms with Gasteiger partial charge in [-0.3, -0.25) is 9.88 Å². The molecule has 1 aliphatic rings. The molecule has 0 radical (unpaired) electrons. The number of pyridine rings is 1. The molecule has 3 rings (SSSR count). The van der Waals surface area contributed by atoms with Gasteiger partial charge in [-0.2, -0.15) is 0 Å². The molecule has 2 atom stereocenters. The molecular formula is C19H24N2O4. The lowest BCUT2D eigenvalue weighted by Crippen LogP contribution is -2.52. The summed E-state index contributed by atoms with van der Waals surface area (Å²) in [7, 11) is 0. The Balaban J connectivity index is 1.90. The van der Waals surface area contributed by atoms with E-state index in [0.29, 0.717) is 13.2 Å². The van der Waals surface area contributed by atoms with E-state index in [0.717, 1.165) is 16.5 Å². The predicted octanol–water partition coefficient (Wildman–Crippen LogP) is 2.90. The number of hydrogen-bond acceptors (Lipinski definition) is 5. The molecule has 0 bridgehead atoms. The topological polar surface area (TPSA) is 71.9 Å². The van der Waals surface area contributed by atoms with Crippen molar-refractivity contribution < 1.29 is 19.4 Å². The third kappa shape index (κ3) is 3.91. The number of aliphatic hydroxyl groups is 1. The van der Waals surface area contributed by atoms with E-state index in [2.05, 4.69) is 4.98 Å². The van der Waals surface area contributed by atoms with Gasteiger partial charge in [0, 0.05) is 18.1 Å². The highest BCUT2D eigenvalue weighted by Gasteiger charge is 2.36. The van der Waals surface area contributed by atoms with Crippen LogP contribution >= 0.6 is 0 Å². The number of morpholine rings is 1. The number of carbonyl (C=O) groups is 1. The van der Waals surface area contributed by atoms with E-state index in [-0.39, 0.29) is 6.61 Å². The lowest BCUT2D eigenvalue weighted by atomic mass is 9.97. The van der Waals surface area contributed by atoms with Gasteiger partial charge in [-0.05, 0) is 38.5 Å². The van der Waals surface area contributed by atoms with Crippen molar-refractivity contribution in [2.45, 2.75) is 38.5 Å². The van der Waals surface area contributed by atoms with Crippen molar-refractivity contribution in [2.24, 2.45) is 0 Å². The molecule has 2 heterocycles. The lowest BCUT2D eigenvalue weighted by molar-refractivity contribution is -0.0669. The molecule has 6 heteroatoms. The Kier molecular flexibility index (Phi) is 4.92. The summed E-state index contributed by atoms with van der Waals surface area (Å²) >= 11 is 0. The van der Waals surface area contributed by atoms with Crippen LogP contribution in [-0.4, -0.2) is 52.5 Å². The van der Waals surface area contributed by atoms with Crippen molar-refractivity contribution in [2.75, 3.05) is 19.8 Å². The van der Waals surface area contributed by atoms with Crippen LogP contribution in [0.2, 0.25) is 0 Å². The van der Waals surface area contributed by atoms with E-state index >= 15 is 0 Å². The molecule has 25 heavy (non-hydrogen) atoms. The molecular weight excluding hydrogens is 320 g/mol. The lowest BCUT2D eigenvalue weighted by Gasteiger charge is -2.39. The molecule has 1 aromatic carbocycles. The van der Waals surface area contributed by atoms with Crippen molar-refractivity contribution in [3.63, 3.8) is 0 Å². The minimum absolute atomic E-state index is 0.261. The number of hydrogen-bond donors (Lipinski definition) is 1. The van der Waals surface area contributed by atoms with Crippen LogP contribution in [0, 0.1) is 0 Å². The first-order chi connectivity index (χ1) is 11.9. The quantitative estimate of drug-likeness (QED) is 0.907. The van der Waals surface area contributed by atoms with Crippen molar-refractivity contribution in [1.29, 1.82) is 0 Å². The number of carbonyl (C=O) groups excluding carboxylic acids is 1. The van der Waals surface area contributed by atoms with Crippen LogP contribution in [0.25, 0.3) is 10.9 Å². The maximum absolute atomic E-state index is 12.5. The zero-order valence-corrected chi connectivity index (χ0v) is 14.8. The van der Waals surface area contributed by atoms with Gasteiger partial charge in [0.15, 0.2) is 0 Å². The molecule has 1 fully saturated rings. The van der Waals surface area contributed by atoms with Crippen LogP contribution in [-0.2, 0) is 9.47 Å². The molecule has 1 amide bonds. The van der Waals surface area contributed by atoms with Gasteiger partial charge in [0.05, 0.1) is 24.8 Å². The fourth-order valence-electron chi connectivity index (χ4n) is 3.02. The number of aromatic nitrogens is 1. The zero-order chi connectivity index (χ0) is 18.0. The van der Waals surface area contributed by atoms with Crippen LogP contribution in [0.4, 0.5) is 4.79 Å². The van der Waals surface area contributed by atoms with Crippen molar-refractivity contribution in [3.8, 4) is 0 Å². The van der Waals surface area contributed by atoms with E-state index in [4.69, 9.17) is 9.47 Å². The highest BCUT2D eigenvalue weighted by molar-refractivity contribution is 5.82. The van der Waals surface area contributed by atoms with Crippen LogP contribution in [0.1, 0.15) is 32.4 Å². The summed E-state index contributed by atoms with van der Waals surface area (Å²) in [5, 5.41) is 11.9. The Bertz CT molecular complexity index is 751. The van der Waals surface area contributed by atoms with Crippen molar-refractivity contribution in [1.82, 2.24) is 9.88 Å². The standard InChI is InChI=1S/C19H24N2O4/c1-19(2,3)25-18(23)21-10-11-24-12-16(21)17(22)14-6-4-8-15-13(14)7-5-9-20-15/h4-9,16-17,22H,10-12H2,1-3H3. The van der Waals surface area contributed by atoms with Gasteiger partial charge in [-0.25, -0.2) is 4.79 Å². The SMILES string of the molecule is CC(C)(C)OC(=O)N1CCOCC1C(O)c1cccc2ncccc12. The highest BCUT2D eigenvalue weighted by atomic mass is 16.6. The molecule has 1 N–H and O–H groups in total. The number of aliphatic hydroxyl groups excluding tert-OH is 1. The monoisotopic (exact) mass is 344 g/mol. The summed E-state index contributed by atoms with van der Waals surface area (Å²) in [4.78, 5) is 18.4. The predicted molar refractivity (Wildman–Crippen MR) is 94.2 cm³/mol. The van der Waals surface area contributed by atoms with Crippen LogP contribution in [0.15, 0.2) is 36.5 Å². The number of fused-ring (bicyclic) bond motifs is 1. The zero-order valence-electron chi connectivity index (χ0n) is 14.8. The second-order valence-corrected chi connectivity index (χ2v) is 7.18. The smallest absolute Gasteiger partial charge is 0.410 e. The molecule has 1 aromatic heterocycles. The Hall–Kier alpha value is -2.18. The third-order valence-corrected chi connectivity index (χ3v) is 4.16. The number of rotatable bonds is 2. The van der Waals surface area contributed by atoms with Gasteiger partial charge < -0.3 is 14.6 Å². The second kappa shape index (κ2) is 6.98. The summed E-state index contributed by atoms with van der Waals surface area (Å²) in [5.41, 5.74) is 0.947. The Labute approximate surface area is 147 Å². The van der Waals surface area contributed by atoms with E-state index in [1.165, 1.54) is 0 Å². The van der Waals surface area contributed by atoms with Gasteiger partial charge in [0.1, 0.15) is 11.7 Å². The number of benzene rings is 1. The first-order valence-corrected chi connectivity index (χ1v) is 8.46. The van der Waals surface area contributed by atoms with Crippen LogP contribution in [0.5, 0.6) is 0 Å². The first kappa shape index (κ1) is 17.6. The number of nitrogens with zero attached hydrogens (tertiary/aromatic N) is 2. The molecule has 0 spiro atoms. The molecule has 2 unspecified atom stereocenters. The first-order valence-electron chi connectivity index (χ1n) is 8.46. The average molecular weight is 344 g/mol. The highest BCUT2D eigenvalue weighted by Crippen LogP contribution is 2.29. The maximum atomic E-state index is 12.5. The van der Waals surface area contributed by atoms with Crippen molar-refractivity contribution in [3.05, 3.63) is 42.1 Å².